The van der Waals surface area contributed by atoms with Gasteiger partial charge in [-0.2, -0.15) is 4.98 Å². The fourth-order valence-electron chi connectivity index (χ4n) is 2.97. The maximum Gasteiger partial charge on any atom is 0.336 e. The molecule has 0 atom stereocenters. The summed E-state index contributed by atoms with van der Waals surface area (Å²) in [5.41, 5.74) is 2.44. The molecule has 1 aliphatic carbocycles. The zero-order valence-corrected chi connectivity index (χ0v) is 17.8. The maximum absolute atomic E-state index is 11.2. The molecule has 162 valence electrons. The summed E-state index contributed by atoms with van der Waals surface area (Å²) in [6.07, 6.45) is 6.96. The van der Waals surface area contributed by atoms with Crippen molar-refractivity contribution < 1.29 is 19.4 Å². The predicted molar refractivity (Wildman–Crippen MR) is 113 cm³/mol. The number of carbonyl (C=O) groups is 1. The quantitative estimate of drug-likeness (QED) is 0.563. The third-order valence-electron chi connectivity index (χ3n) is 5.35. The van der Waals surface area contributed by atoms with E-state index in [-0.39, 0.29) is 12.7 Å². The standard InChI is InChI=1S/C22H25N5O4/c1-13-9-18(30-12-22(2,3)20(28)29)24-11-16(13)14-7-8-17(23-10-14)19-25-21(27-26-19)31-15-5-4-6-15/h7-11,15H,4-6,12H2,1-3H3,(H,28,29)(H,25,26,27). The van der Waals surface area contributed by atoms with Crippen LogP contribution in [0.2, 0.25) is 0 Å². The van der Waals surface area contributed by atoms with Crippen molar-refractivity contribution >= 4 is 5.97 Å². The van der Waals surface area contributed by atoms with Crippen LogP contribution >= 0.6 is 0 Å². The number of H-pyrrole nitrogens is 1. The van der Waals surface area contributed by atoms with Crippen molar-refractivity contribution in [2.45, 2.75) is 46.1 Å². The molecule has 0 bridgehead atoms. The number of aromatic amines is 1. The number of aryl methyl sites for hydroxylation is 1. The topological polar surface area (TPSA) is 123 Å². The molecule has 9 heteroatoms. The summed E-state index contributed by atoms with van der Waals surface area (Å²) in [4.78, 5) is 24.4. The van der Waals surface area contributed by atoms with Crippen molar-refractivity contribution in [3.8, 4) is 34.5 Å². The molecule has 0 radical (unpaired) electrons. The van der Waals surface area contributed by atoms with Crippen LogP contribution in [-0.4, -0.2) is 48.9 Å². The average Bonchev–Trinajstić information content (AvgIpc) is 3.18. The number of pyridine rings is 2. The van der Waals surface area contributed by atoms with Crippen LogP contribution in [0.3, 0.4) is 0 Å². The van der Waals surface area contributed by atoms with Gasteiger partial charge in [-0.3, -0.25) is 14.9 Å². The molecule has 31 heavy (non-hydrogen) atoms. The van der Waals surface area contributed by atoms with E-state index in [1.165, 1.54) is 6.42 Å². The van der Waals surface area contributed by atoms with Crippen molar-refractivity contribution in [3.63, 3.8) is 0 Å². The largest absolute Gasteiger partial charge is 0.481 e. The lowest BCUT2D eigenvalue weighted by atomic mass is 9.95. The summed E-state index contributed by atoms with van der Waals surface area (Å²) in [6, 6.07) is 5.95. The number of carboxylic acid groups (broad SMARTS) is 1. The van der Waals surface area contributed by atoms with Gasteiger partial charge in [-0.1, -0.05) is 6.07 Å². The molecule has 9 nitrogen and oxygen atoms in total. The van der Waals surface area contributed by atoms with Crippen molar-refractivity contribution in [3.05, 3.63) is 36.2 Å². The number of rotatable bonds is 8. The van der Waals surface area contributed by atoms with E-state index in [9.17, 15) is 9.90 Å². The highest BCUT2D eigenvalue weighted by molar-refractivity contribution is 5.73. The second-order valence-electron chi connectivity index (χ2n) is 8.38. The Morgan fingerprint density at radius 1 is 1.26 bits per heavy atom. The van der Waals surface area contributed by atoms with Crippen molar-refractivity contribution in [2.24, 2.45) is 5.41 Å². The van der Waals surface area contributed by atoms with Gasteiger partial charge in [-0.05, 0) is 51.7 Å². The van der Waals surface area contributed by atoms with Gasteiger partial charge in [-0.15, -0.1) is 5.10 Å². The van der Waals surface area contributed by atoms with Crippen LogP contribution in [0.4, 0.5) is 0 Å². The van der Waals surface area contributed by atoms with Crippen LogP contribution in [-0.2, 0) is 4.79 Å². The number of aliphatic carboxylic acids is 1. The minimum absolute atomic E-state index is 0.0357. The fraction of sp³-hybridized carbons (Fsp3) is 0.409. The molecule has 3 aromatic rings. The fourth-order valence-corrected chi connectivity index (χ4v) is 2.97. The number of nitrogens with one attached hydrogen (secondary N) is 1. The average molecular weight is 423 g/mol. The smallest absolute Gasteiger partial charge is 0.336 e. The van der Waals surface area contributed by atoms with Gasteiger partial charge in [0.05, 0.1) is 5.41 Å². The van der Waals surface area contributed by atoms with Crippen molar-refractivity contribution in [1.29, 1.82) is 0 Å². The number of nitrogens with zero attached hydrogens (tertiary/aromatic N) is 4. The molecule has 0 unspecified atom stereocenters. The first-order valence-corrected chi connectivity index (χ1v) is 10.2. The first-order valence-electron chi connectivity index (χ1n) is 10.2. The third-order valence-corrected chi connectivity index (χ3v) is 5.35. The Labute approximate surface area is 179 Å². The Balaban J connectivity index is 1.44. The number of aromatic nitrogens is 5. The van der Waals surface area contributed by atoms with Crippen molar-refractivity contribution in [1.82, 2.24) is 25.1 Å². The number of ether oxygens (including phenoxy) is 2. The molecule has 1 fully saturated rings. The SMILES string of the molecule is Cc1cc(OCC(C)(C)C(=O)O)ncc1-c1ccc(-c2nc(OC3CCC3)n[nH]2)nc1. The molecule has 1 saturated carbocycles. The van der Waals surface area contributed by atoms with E-state index >= 15 is 0 Å². The van der Waals surface area contributed by atoms with E-state index in [1.807, 2.05) is 19.1 Å². The van der Waals surface area contributed by atoms with E-state index < -0.39 is 11.4 Å². The summed E-state index contributed by atoms with van der Waals surface area (Å²) in [5.74, 6) is 0.0294. The Morgan fingerprint density at radius 2 is 2.06 bits per heavy atom. The second-order valence-corrected chi connectivity index (χ2v) is 8.38. The Hall–Kier alpha value is -3.49. The van der Waals surface area contributed by atoms with Gasteiger partial charge < -0.3 is 14.6 Å². The predicted octanol–water partition coefficient (Wildman–Crippen LogP) is 3.66. The van der Waals surface area contributed by atoms with Gasteiger partial charge >= 0.3 is 12.0 Å². The number of carboxylic acids is 1. The second kappa shape index (κ2) is 8.33. The molecule has 3 heterocycles. The van der Waals surface area contributed by atoms with Gasteiger partial charge in [0.15, 0.2) is 5.82 Å². The monoisotopic (exact) mass is 423 g/mol. The van der Waals surface area contributed by atoms with Crippen LogP contribution < -0.4 is 9.47 Å². The highest BCUT2D eigenvalue weighted by Crippen LogP contribution is 2.28. The minimum Gasteiger partial charge on any atom is -0.481 e. The van der Waals surface area contributed by atoms with Crippen LogP contribution in [0.5, 0.6) is 11.9 Å². The molecule has 1 aliphatic rings. The highest BCUT2D eigenvalue weighted by Gasteiger charge is 2.28. The van der Waals surface area contributed by atoms with Gasteiger partial charge in [0.2, 0.25) is 5.88 Å². The molecule has 0 amide bonds. The maximum atomic E-state index is 11.2. The lowest BCUT2D eigenvalue weighted by Crippen LogP contribution is -2.30. The molecule has 0 aromatic carbocycles. The Bertz CT molecular complexity index is 1070. The van der Waals surface area contributed by atoms with Gasteiger partial charge in [0.25, 0.3) is 0 Å². The summed E-state index contributed by atoms with van der Waals surface area (Å²) >= 11 is 0. The summed E-state index contributed by atoms with van der Waals surface area (Å²) in [7, 11) is 0. The lowest BCUT2D eigenvalue weighted by molar-refractivity contribution is -0.148. The van der Waals surface area contributed by atoms with Crippen LogP contribution in [0.1, 0.15) is 38.7 Å². The Morgan fingerprint density at radius 3 is 2.68 bits per heavy atom. The molecular formula is C22H25N5O4. The van der Waals surface area contributed by atoms with Crippen LogP contribution in [0, 0.1) is 12.3 Å². The zero-order valence-electron chi connectivity index (χ0n) is 17.8. The van der Waals surface area contributed by atoms with Gasteiger partial charge in [0, 0.05) is 29.6 Å². The normalized spacial score (nSPS) is 14.2. The highest BCUT2D eigenvalue weighted by atomic mass is 16.5. The number of hydrogen-bond donors (Lipinski definition) is 2. The summed E-state index contributed by atoms with van der Waals surface area (Å²) in [5, 5.41) is 16.2. The van der Waals surface area contributed by atoms with Gasteiger partial charge in [-0.25, -0.2) is 4.98 Å². The van der Waals surface area contributed by atoms with Crippen molar-refractivity contribution in [2.75, 3.05) is 6.61 Å². The third kappa shape index (κ3) is 4.65. The molecule has 0 spiro atoms. The van der Waals surface area contributed by atoms with E-state index in [1.54, 1.807) is 32.3 Å². The van der Waals surface area contributed by atoms with E-state index in [0.29, 0.717) is 23.4 Å². The minimum atomic E-state index is -0.989. The van der Waals surface area contributed by atoms with Gasteiger partial charge in [0.1, 0.15) is 18.4 Å². The number of hydrogen-bond acceptors (Lipinski definition) is 7. The molecule has 0 saturated heterocycles. The molecule has 0 aliphatic heterocycles. The first-order chi connectivity index (χ1) is 14.8. The van der Waals surface area contributed by atoms with E-state index in [4.69, 9.17) is 9.47 Å². The van der Waals surface area contributed by atoms with E-state index in [0.717, 1.165) is 29.5 Å². The zero-order chi connectivity index (χ0) is 22.0. The molecule has 2 N–H and O–H groups in total. The molecule has 4 rings (SSSR count). The molecular weight excluding hydrogens is 398 g/mol. The Kier molecular flexibility index (Phi) is 5.58. The summed E-state index contributed by atoms with van der Waals surface area (Å²) in [6.45, 7) is 5.20. The lowest BCUT2D eigenvalue weighted by Gasteiger charge is -2.24. The van der Waals surface area contributed by atoms with Crippen LogP contribution in [0.25, 0.3) is 22.6 Å². The molecule has 3 aromatic heterocycles. The summed E-state index contributed by atoms with van der Waals surface area (Å²) < 4.78 is 11.3. The van der Waals surface area contributed by atoms with Crippen LogP contribution in [0.15, 0.2) is 30.6 Å². The first kappa shape index (κ1) is 20.8. The van der Waals surface area contributed by atoms with E-state index in [2.05, 4.69) is 25.1 Å².